The third-order valence-corrected chi connectivity index (χ3v) is 4.35. The predicted octanol–water partition coefficient (Wildman–Crippen LogP) is 0.793. The van der Waals surface area contributed by atoms with Crippen LogP contribution < -0.4 is 5.32 Å². The largest absolute Gasteiger partial charge is 0.355 e. The second-order valence-corrected chi connectivity index (χ2v) is 6.39. The molecule has 0 aromatic rings. The van der Waals surface area contributed by atoms with Gasteiger partial charge in [-0.15, -0.1) is 11.6 Å². The number of hydrogen-bond acceptors (Lipinski definition) is 3. The van der Waals surface area contributed by atoms with Gasteiger partial charge in [-0.1, -0.05) is 6.92 Å². The van der Waals surface area contributed by atoms with Crippen molar-refractivity contribution in [3.05, 3.63) is 0 Å². The van der Waals surface area contributed by atoms with E-state index in [0.717, 1.165) is 10.7 Å². The standard InChI is InChI=1S/C10H21ClN2O3S/c1-3-7-12-10(14)9-13(2)17(15,16)8-5-4-6-11/h3-9H2,1-2H3,(H,12,14). The molecule has 0 bridgehead atoms. The zero-order valence-electron chi connectivity index (χ0n) is 10.4. The molecule has 102 valence electrons. The SMILES string of the molecule is CCCNC(=O)CN(C)S(=O)(=O)CCCCCl. The van der Waals surface area contributed by atoms with Crippen LogP contribution in [0.5, 0.6) is 0 Å². The molecule has 0 spiro atoms. The van der Waals surface area contributed by atoms with E-state index in [0.29, 0.717) is 25.3 Å². The van der Waals surface area contributed by atoms with Gasteiger partial charge in [0.05, 0.1) is 12.3 Å². The van der Waals surface area contributed by atoms with Crippen LogP contribution in [-0.4, -0.2) is 50.4 Å². The van der Waals surface area contributed by atoms with E-state index < -0.39 is 10.0 Å². The second kappa shape index (κ2) is 8.72. The van der Waals surface area contributed by atoms with Crippen LogP contribution in [0.2, 0.25) is 0 Å². The van der Waals surface area contributed by atoms with E-state index in [4.69, 9.17) is 11.6 Å². The lowest BCUT2D eigenvalue weighted by atomic mass is 10.4. The summed E-state index contributed by atoms with van der Waals surface area (Å²) < 4.78 is 24.5. The number of rotatable bonds is 9. The lowest BCUT2D eigenvalue weighted by Gasteiger charge is -2.16. The van der Waals surface area contributed by atoms with Crippen molar-refractivity contribution < 1.29 is 13.2 Å². The van der Waals surface area contributed by atoms with Crippen LogP contribution in [0.15, 0.2) is 0 Å². The van der Waals surface area contributed by atoms with Crippen molar-refractivity contribution in [2.24, 2.45) is 0 Å². The molecule has 0 aromatic heterocycles. The van der Waals surface area contributed by atoms with Crippen LogP contribution in [0, 0.1) is 0 Å². The molecule has 0 heterocycles. The smallest absolute Gasteiger partial charge is 0.235 e. The molecule has 1 N–H and O–H groups in total. The van der Waals surface area contributed by atoms with E-state index in [9.17, 15) is 13.2 Å². The molecule has 0 aromatic carbocycles. The Kier molecular flexibility index (Phi) is 8.55. The Balaban J connectivity index is 4.10. The minimum atomic E-state index is -3.34. The van der Waals surface area contributed by atoms with Gasteiger partial charge in [-0.25, -0.2) is 8.42 Å². The van der Waals surface area contributed by atoms with E-state index in [2.05, 4.69) is 5.32 Å². The monoisotopic (exact) mass is 284 g/mol. The molecule has 1 amide bonds. The van der Waals surface area contributed by atoms with Gasteiger partial charge in [0.25, 0.3) is 0 Å². The summed E-state index contributed by atoms with van der Waals surface area (Å²) in [5.41, 5.74) is 0. The fraction of sp³-hybridized carbons (Fsp3) is 0.900. The van der Waals surface area contributed by atoms with Crippen molar-refractivity contribution in [2.75, 3.05) is 31.8 Å². The first-order valence-corrected chi connectivity index (χ1v) is 7.85. The molecule has 0 aliphatic heterocycles. The molecule has 0 unspecified atom stereocenters. The predicted molar refractivity (Wildman–Crippen MR) is 69.7 cm³/mol. The second-order valence-electron chi connectivity index (χ2n) is 3.82. The average molecular weight is 285 g/mol. The van der Waals surface area contributed by atoms with E-state index in [1.165, 1.54) is 7.05 Å². The summed E-state index contributed by atoms with van der Waals surface area (Å²) in [6, 6.07) is 0. The highest BCUT2D eigenvalue weighted by molar-refractivity contribution is 7.89. The van der Waals surface area contributed by atoms with Crippen molar-refractivity contribution in [3.8, 4) is 0 Å². The zero-order chi connectivity index (χ0) is 13.3. The van der Waals surface area contributed by atoms with Crippen LogP contribution in [0.25, 0.3) is 0 Å². The normalized spacial score (nSPS) is 11.8. The van der Waals surface area contributed by atoms with Gasteiger partial charge in [-0.2, -0.15) is 4.31 Å². The van der Waals surface area contributed by atoms with Gasteiger partial charge in [0, 0.05) is 19.5 Å². The van der Waals surface area contributed by atoms with Gasteiger partial charge < -0.3 is 5.32 Å². The third-order valence-electron chi connectivity index (χ3n) is 2.20. The van der Waals surface area contributed by atoms with Crippen LogP contribution in [-0.2, 0) is 14.8 Å². The maximum absolute atomic E-state index is 11.7. The Morgan fingerprint density at radius 1 is 1.35 bits per heavy atom. The van der Waals surface area contributed by atoms with E-state index >= 15 is 0 Å². The number of carbonyl (C=O) groups is 1. The lowest BCUT2D eigenvalue weighted by molar-refractivity contribution is -0.121. The molecule has 0 aliphatic rings. The minimum absolute atomic E-state index is 0.0390. The van der Waals surface area contributed by atoms with E-state index in [1.807, 2.05) is 6.92 Å². The summed E-state index contributed by atoms with van der Waals surface area (Å²) in [5, 5.41) is 2.64. The Morgan fingerprint density at radius 2 is 2.00 bits per heavy atom. The molecule has 0 rings (SSSR count). The molecule has 0 saturated carbocycles. The number of unbranched alkanes of at least 4 members (excludes halogenated alkanes) is 1. The minimum Gasteiger partial charge on any atom is -0.355 e. The Morgan fingerprint density at radius 3 is 2.53 bits per heavy atom. The first kappa shape index (κ1) is 16.7. The van der Waals surface area contributed by atoms with E-state index in [1.54, 1.807) is 0 Å². The first-order chi connectivity index (χ1) is 7.94. The molecule has 0 aliphatic carbocycles. The Labute approximate surface area is 109 Å². The zero-order valence-corrected chi connectivity index (χ0v) is 12.0. The van der Waals surface area contributed by atoms with Crippen LogP contribution >= 0.6 is 11.6 Å². The Hall–Kier alpha value is -0.330. The number of halogens is 1. The molecular formula is C10H21ClN2O3S. The Bertz CT molecular complexity index is 320. The number of nitrogens with one attached hydrogen (secondary N) is 1. The number of likely N-dealkylation sites (N-methyl/N-ethyl adjacent to an activating group) is 1. The number of hydrogen-bond donors (Lipinski definition) is 1. The van der Waals surface area contributed by atoms with Gasteiger partial charge in [-0.05, 0) is 19.3 Å². The van der Waals surface area contributed by atoms with Crippen LogP contribution in [0.3, 0.4) is 0 Å². The van der Waals surface area contributed by atoms with Gasteiger partial charge in [0.15, 0.2) is 0 Å². The molecule has 17 heavy (non-hydrogen) atoms. The molecule has 7 heteroatoms. The topological polar surface area (TPSA) is 66.5 Å². The van der Waals surface area contributed by atoms with Gasteiger partial charge >= 0.3 is 0 Å². The number of sulfonamides is 1. The maximum atomic E-state index is 11.7. The highest BCUT2D eigenvalue weighted by Gasteiger charge is 2.19. The van der Waals surface area contributed by atoms with Crippen LogP contribution in [0.1, 0.15) is 26.2 Å². The van der Waals surface area contributed by atoms with Crippen molar-refractivity contribution in [1.29, 1.82) is 0 Å². The molecule has 0 saturated heterocycles. The summed E-state index contributed by atoms with van der Waals surface area (Å²) in [7, 11) is -1.92. The number of alkyl halides is 1. The number of nitrogens with zero attached hydrogens (tertiary/aromatic N) is 1. The highest BCUT2D eigenvalue weighted by atomic mass is 35.5. The quantitative estimate of drug-likeness (QED) is 0.503. The first-order valence-electron chi connectivity index (χ1n) is 5.70. The van der Waals surface area contributed by atoms with Crippen molar-refractivity contribution in [1.82, 2.24) is 9.62 Å². The highest BCUT2D eigenvalue weighted by Crippen LogP contribution is 2.03. The fourth-order valence-corrected chi connectivity index (χ4v) is 2.54. The van der Waals surface area contributed by atoms with E-state index in [-0.39, 0.29) is 18.2 Å². The van der Waals surface area contributed by atoms with Gasteiger partial charge in [-0.3, -0.25) is 4.79 Å². The fourth-order valence-electron chi connectivity index (χ4n) is 1.16. The van der Waals surface area contributed by atoms with Gasteiger partial charge in [0.2, 0.25) is 15.9 Å². The molecule has 5 nitrogen and oxygen atoms in total. The molecule has 0 radical (unpaired) electrons. The molecule has 0 fully saturated rings. The molecular weight excluding hydrogens is 264 g/mol. The maximum Gasteiger partial charge on any atom is 0.235 e. The average Bonchev–Trinajstić information content (AvgIpc) is 2.26. The summed E-state index contributed by atoms with van der Waals surface area (Å²) in [6.07, 6.45) is 2.02. The number of carbonyl (C=O) groups excluding carboxylic acids is 1. The summed E-state index contributed by atoms with van der Waals surface area (Å²) in [5.74, 6) is 0.225. The van der Waals surface area contributed by atoms with Gasteiger partial charge in [0.1, 0.15) is 0 Å². The third kappa shape index (κ3) is 7.57. The number of amides is 1. The summed E-state index contributed by atoms with van der Waals surface area (Å²) in [6.45, 7) is 2.38. The van der Waals surface area contributed by atoms with Crippen LogP contribution in [0.4, 0.5) is 0 Å². The van der Waals surface area contributed by atoms with Crippen molar-refractivity contribution >= 4 is 27.5 Å². The molecule has 0 atom stereocenters. The summed E-state index contributed by atoms with van der Waals surface area (Å²) in [4.78, 5) is 11.4. The summed E-state index contributed by atoms with van der Waals surface area (Å²) >= 11 is 5.48. The van der Waals surface area contributed by atoms with Crippen molar-refractivity contribution in [2.45, 2.75) is 26.2 Å². The van der Waals surface area contributed by atoms with Crippen molar-refractivity contribution in [3.63, 3.8) is 0 Å². The lowest BCUT2D eigenvalue weighted by Crippen LogP contribution is -2.39.